The molecule has 27 heavy (non-hydrogen) atoms. The van der Waals surface area contributed by atoms with Crippen LogP contribution in [0.15, 0.2) is 72.8 Å². The van der Waals surface area contributed by atoms with Crippen molar-refractivity contribution in [2.75, 3.05) is 0 Å². The molecule has 1 N–H and O–H groups in total. The van der Waals surface area contributed by atoms with Gasteiger partial charge in [0.05, 0.1) is 0 Å². The highest BCUT2D eigenvalue weighted by Crippen LogP contribution is 2.24. The number of benzene rings is 3. The van der Waals surface area contributed by atoms with Gasteiger partial charge in [0.1, 0.15) is 23.9 Å². The smallest absolute Gasteiger partial charge is 0.303 e. The Bertz CT molecular complexity index is 900. The number of carbonyl (C=O) groups is 1. The van der Waals surface area contributed by atoms with Crippen molar-refractivity contribution in [2.45, 2.75) is 26.4 Å². The number of ether oxygens (including phenoxy) is 2. The third-order valence-electron chi connectivity index (χ3n) is 4.13. The maximum absolute atomic E-state index is 10.8. The minimum atomic E-state index is -0.814. The van der Waals surface area contributed by atoms with Gasteiger partial charge < -0.3 is 14.6 Å². The molecule has 0 aliphatic heterocycles. The van der Waals surface area contributed by atoms with E-state index in [0.29, 0.717) is 18.8 Å². The zero-order valence-electron chi connectivity index (χ0n) is 15.2. The van der Waals surface area contributed by atoms with E-state index in [1.165, 1.54) is 5.56 Å². The summed E-state index contributed by atoms with van der Waals surface area (Å²) < 4.78 is 11.8. The lowest BCUT2D eigenvalue weighted by Crippen LogP contribution is -2.02. The van der Waals surface area contributed by atoms with Gasteiger partial charge in [0, 0.05) is 6.42 Å². The molecular weight excluding hydrogens is 340 g/mol. The fraction of sp³-hybridized carbons (Fsp3) is 0.174. The molecule has 0 aromatic heterocycles. The van der Waals surface area contributed by atoms with E-state index >= 15 is 0 Å². The van der Waals surface area contributed by atoms with Gasteiger partial charge >= 0.3 is 5.97 Å². The van der Waals surface area contributed by atoms with Crippen LogP contribution >= 0.6 is 0 Å². The maximum atomic E-state index is 10.8. The highest BCUT2D eigenvalue weighted by Gasteiger charge is 2.07. The standard InChI is InChI=1S/C23H22O4/c1-17-9-12-20(13-10-17)27-21-7-4-5-18(15-21)16-26-22-8-3-2-6-19(22)11-14-23(24)25/h2-10,12-13,15H,11,14,16H2,1H3,(H,24,25). The number of hydrogen-bond acceptors (Lipinski definition) is 3. The van der Waals surface area contributed by atoms with Gasteiger partial charge in [-0.05, 0) is 54.8 Å². The van der Waals surface area contributed by atoms with Crippen LogP contribution in [0.1, 0.15) is 23.1 Å². The minimum absolute atomic E-state index is 0.0836. The first-order valence-electron chi connectivity index (χ1n) is 8.86. The second-order valence-electron chi connectivity index (χ2n) is 6.35. The summed E-state index contributed by atoms with van der Waals surface area (Å²) in [7, 11) is 0. The Kier molecular flexibility index (Phi) is 6.10. The molecule has 4 heteroatoms. The van der Waals surface area contributed by atoms with E-state index < -0.39 is 5.97 Å². The van der Waals surface area contributed by atoms with Crippen molar-refractivity contribution in [1.82, 2.24) is 0 Å². The van der Waals surface area contributed by atoms with Crippen molar-refractivity contribution in [3.05, 3.63) is 89.5 Å². The van der Waals surface area contributed by atoms with Crippen LogP contribution in [0.5, 0.6) is 17.2 Å². The molecule has 0 heterocycles. The van der Waals surface area contributed by atoms with Crippen molar-refractivity contribution in [1.29, 1.82) is 0 Å². The molecule has 0 aliphatic rings. The average molecular weight is 362 g/mol. The van der Waals surface area contributed by atoms with Gasteiger partial charge in [-0.25, -0.2) is 0 Å². The van der Waals surface area contributed by atoms with E-state index in [9.17, 15) is 4.79 Å². The zero-order chi connectivity index (χ0) is 19.1. The molecule has 0 unspecified atom stereocenters. The number of carboxylic acids is 1. The van der Waals surface area contributed by atoms with Gasteiger partial charge in [-0.2, -0.15) is 0 Å². The molecule has 3 aromatic rings. The van der Waals surface area contributed by atoms with E-state index in [4.69, 9.17) is 14.6 Å². The molecule has 0 radical (unpaired) electrons. The third kappa shape index (κ3) is 5.61. The Labute approximate surface area is 159 Å². The molecule has 0 saturated carbocycles. The van der Waals surface area contributed by atoms with E-state index in [0.717, 1.165) is 22.6 Å². The third-order valence-corrected chi connectivity index (χ3v) is 4.13. The molecule has 0 spiro atoms. The number of hydrogen-bond donors (Lipinski definition) is 1. The van der Waals surface area contributed by atoms with Crippen LogP contribution in [0.25, 0.3) is 0 Å². The summed E-state index contributed by atoms with van der Waals surface area (Å²) in [4.78, 5) is 10.8. The first-order valence-corrected chi connectivity index (χ1v) is 8.86. The van der Waals surface area contributed by atoms with Crippen LogP contribution in [0, 0.1) is 6.92 Å². The van der Waals surface area contributed by atoms with Crippen LogP contribution in [0.3, 0.4) is 0 Å². The molecule has 0 saturated heterocycles. The Morgan fingerprint density at radius 2 is 1.70 bits per heavy atom. The van der Waals surface area contributed by atoms with E-state index in [2.05, 4.69) is 0 Å². The second-order valence-corrected chi connectivity index (χ2v) is 6.35. The fourth-order valence-corrected chi connectivity index (χ4v) is 2.70. The summed E-state index contributed by atoms with van der Waals surface area (Å²) in [5.74, 6) is 1.44. The largest absolute Gasteiger partial charge is 0.489 e. The first kappa shape index (κ1) is 18.5. The number of aryl methyl sites for hydroxylation is 2. The van der Waals surface area contributed by atoms with Gasteiger partial charge in [-0.3, -0.25) is 4.79 Å². The first-order chi connectivity index (χ1) is 13.1. The lowest BCUT2D eigenvalue weighted by molar-refractivity contribution is -0.136. The quantitative estimate of drug-likeness (QED) is 0.584. The Hall–Kier alpha value is -3.27. The predicted octanol–water partition coefficient (Wildman–Crippen LogP) is 5.38. The molecule has 3 aromatic carbocycles. The number of carboxylic acid groups (broad SMARTS) is 1. The van der Waals surface area contributed by atoms with Crippen LogP contribution < -0.4 is 9.47 Å². The Balaban J connectivity index is 1.65. The second kappa shape index (κ2) is 8.90. The molecule has 0 atom stereocenters. The Morgan fingerprint density at radius 3 is 2.48 bits per heavy atom. The van der Waals surface area contributed by atoms with Gasteiger partial charge in [0.25, 0.3) is 0 Å². The highest BCUT2D eigenvalue weighted by atomic mass is 16.5. The summed E-state index contributed by atoms with van der Waals surface area (Å²) in [5.41, 5.74) is 3.06. The van der Waals surface area contributed by atoms with Gasteiger partial charge in [0.2, 0.25) is 0 Å². The zero-order valence-corrected chi connectivity index (χ0v) is 15.2. The highest BCUT2D eigenvalue weighted by molar-refractivity contribution is 5.67. The molecular formula is C23H22O4. The topological polar surface area (TPSA) is 55.8 Å². The number of aliphatic carboxylic acids is 1. The van der Waals surface area contributed by atoms with Gasteiger partial charge in [-0.15, -0.1) is 0 Å². The van der Waals surface area contributed by atoms with Crippen molar-refractivity contribution in [3.8, 4) is 17.2 Å². The van der Waals surface area contributed by atoms with E-state index in [1.54, 1.807) is 0 Å². The minimum Gasteiger partial charge on any atom is -0.489 e. The molecule has 0 bridgehead atoms. The molecule has 0 fully saturated rings. The van der Waals surface area contributed by atoms with Crippen molar-refractivity contribution >= 4 is 5.97 Å². The molecule has 0 amide bonds. The van der Waals surface area contributed by atoms with Crippen LogP contribution in [0.4, 0.5) is 0 Å². The lowest BCUT2D eigenvalue weighted by Gasteiger charge is -2.12. The van der Waals surface area contributed by atoms with Crippen LogP contribution in [0.2, 0.25) is 0 Å². The fourth-order valence-electron chi connectivity index (χ4n) is 2.70. The van der Waals surface area contributed by atoms with Crippen LogP contribution in [-0.2, 0) is 17.8 Å². The summed E-state index contributed by atoms with van der Waals surface area (Å²) in [5, 5.41) is 8.89. The lowest BCUT2D eigenvalue weighted by atomic mass is 10.1. The number of rotatable bonds is 8. The summed E-state index contributed by atoms with van der Waals surface area (Å²) in [6, 6.07) is 23.2. The summed E-state index contributed by atoms with van der Waals surface area (Å²) in [6.07, 6.45) is 0.530. The normalized spacial score (nSPS) is 10.4. The van der Waals surface area contributed by atoms with E-state index in [-0.39, 0.29) is 6.42 Å². The van der Waals surface area contributed by atoms with Gasteiger partial charge in [-0.1, -0.05) is 48.0 Å². The molecule has 3 rings (SSSR count). The molecule has 4 nitrogen and oxygen atoms in total. The maximum Gasteiger partial charge on any atom is 0.303 e. The van der Waals surface area contributed by atoms with E-state index in [1.807, 2.05) is 79.7 Å². The molecule has 0 aliphatic carbocycles. The summed E-state index contributed by atoms with van der Waals surface area (Å²) in [6.45, 7) is 2.42. The Morgan fingerprint density at radius 1 is 0.926 bits per heavy atom. The van der Waals surface area contributed by atoms with Gasteiger partial charge in [0.15, 0.2) is 0 Å². The van der Waals surface area contributed by atoms with Crippen LogP contribution in [-0.4, -0.2) is 11.1 Å². The van der Waals surface area contributed by atoms with Crippen molar-refractivity contribution in [3.63, 3.8) is 0 Å². The predicted molar refractivity (Wildman–Crippen MR) is 104 cm³/mol. The van der Waals surface area contributed by atoms with Crippen molar-refractivity contribution < 1.29 is 19.4 Å². The SMILES string of the molecule is Cc1ccc(Oc2cccc(COc3ccccc3CCC(=O)O)c2)cc1. The number of para-hydroxylation sites is 1. The average Bonchev–Trinajstić information content (AvgIpc) is 2.67. The monoisotopic (exact) mass is 362 g/mol. The summed E-state index contributed by atoms with van der Waals surface area (Å²) >= 11 is 0. The molecule has 138 valence electrons. The van der Waals surface area contributed by atoms with Crippen molar-refractivity contribution in [2.24, 2.45) is 0 Å².